The van der Waals surface area contributed by atoms with Gasteiger partial charge in [0.25, 0.3) is 0 Å². The molecule has 0 aromatic heterocycles. The van der Waals surface area contributed by atoms with Gasteiger partial charge >= 0.3 is 0 Å². The fourth-order valence-electron chi connectivity index (χ4n) is 0.382. The molecule has 56 valence electrons. The van der Waals surface area contributed by atoms with E-state index >= 15 is 0 Å². The molecule has 0 rings (SSSR count). The zero-order valence-electron chi connectivity index (χ0n) is 6.02. The third-order valence-corrected chi connectivity index (χ3v) is 3.54. The molecule has 0 aliphatic rings. The smallest absolute Gasteiger partial charge is 0.116 e. The number of hydrogen-bond donors (Lipinski definition) is 0. The Morgan fingerprint density at radius 2 is 2.00 bits per heavy atom. The Hall–Kier alpha value is 0.990. The van der Waals surface area contributed by atoms with E-state index in [0.29, 0.717) is 10.9 Å². The topological polar surface area (TPSA) is 0 Å². The van der Waals surface area contributed by atoms with E-state index in [4.69, 9.17) is 11.6 Å². The van der Waals surface area contributed by atoms with Crippen molar-refractivity contribution in [2.24, 2.45) is 0 Å². The van der Waals surface area contributed by atoms with Crippen molar-refractivity contribution in [2.45, 2.75) is 0 Å². The highest BCUT2D eigenvalue weighted by molar-refractivity contribution is 8.01. The minimum Gasteiger partial charge on any atom is -0.156 e. The Labute approximate surface area is 70.1 Å². The van der Waals surface area contributed by atoms with Crippen molar-refractivity contribution in [1.82, 2.24) is 0 Å². The summed E-state index contributed by atoms with van der Waals surface area (Å²) in [5.41, 5.74) is 0. The lowest BCUT2D eigenvalue weighted by molar-refractivity contribution is 1.47. The Bertz CT molecular complexity index is 57.0. The Morgan fingerprint density at radius 1 is 1.33 bits per heavy atom. The second-order valence-electron chi connectivity index (χ2n) is 1.99. The third-order valence-electron chi connectivity index (χ3n) is 0.857. The van der Waals surface area contributed by atoms with Gasteiger partial charge < -0.3 is 0 Å². The number of rotatable bonds is 5. The van der Waals surface area contributed by atoms with Crippen LogP contribution in [0, 0.1) is 0 Å². The number of hydrogen-bond acceptors (Lipinski definition) is 1. The monoisotopic (exact) mass is 185 g/mol. The standard InChI is InChI=1S/C6H14ClS2/c1-9(2)6-5-8-4-3-7/h3-6H2,1-2H3/q+1. The number of thioether (sulfide) groups is 1. The van der Waals surface area contributed by atoms with Crippen LogP contribution in [-0.4, -0.2) is 35.7 Å². The highest BCUT2D eigenvalue weighted by Crippen LogP contribution is 2.01. The summed E-state index contributed by atoms with van der Waals surface area (Å²) in [7, 11) is 0.617. The molecule has 0 radical (unpaired) electrons. The van der Waals surface area contributed by atoms with Gasteiger partial charge in [-0.3, -0.25) is 0 Å². The van der Waals surface area contributed by atoms with Crippen LogP contribution in [0.1, 0.15) is 0 Å². The van der Waals surface area contributed by atoms with E-state index in [0.717, 1.165) is 11.6 Å². The van der Waals surface area contributed by atoms with E-state index in [-0.39, 0.29) is 0 Å². The maximum Gasteiger partial charge on any atom is 0.116 e. The number of halogens is 1. The molecular weight excluding hydrogens is 172 g/mol. The van der Waals surface area contributed by atoms with Gasteiger partial charge in [-0.05, 0) is 10.9 Å². The summed E-state index contributed by atoms with van der Waals surface area (Å²) in [6, 6.07) is 0. The maximum absolute atomic E-state index is 5.50. The van der Waals surface area contributed by atoms with E-state index in [2.05, 4.69) is 12.5 Å². The summed E-state index contributed by atoms with van der Waals surface area (Å²) in [6.45, 7) is 0. The normalized spacial score (nSPS) is 10.7. The molecule has 0 unspecified atom stereocenters. The van der Waals surface area contributed by atoms with Gasteiger partial charge in [0.15, 0.2) is 0 Å². The largest absolute Gasteiger partial charge is 0.156 e. The fourth-order valence-corrected chi connectivity index (χ4v) is 2.83. The summed E-state index contributed by atoms with van der Waals surface area (Å²) in [5, 5.41) is 0. The molecule has 0 spiro atoms. The Kier molecular flexibility index (Phi) is 7.88. The lowest BCUT2D eigenvalue weighted by Gasteiger charge is -1.95. The van der Waals surface area contributed by atoms with Gasteiger partial charge in [-0.15, -0.1) is 11.6 Å². The van der Waals surface area contributed by atoms with Crippen molar-refractivity contribution >= 4 is 34.3 Å². The lowest BCUT2D eigenvalue weighted by Crippen LogP contribution is -2.04. The predicted octanol–water partition coefficient (Wildman–Crippen LogP) is 1.84. The van der Waals surface area contributed by atoms with E-state index in [1.165, 1.54) is 11.5 Å². The van der Waals surface area contributed by atoms with E-state index in [1.54, 1.807) is 0 Å². The average molecular weight is 186 g/mol. The molecule has 0 aromatic carbocycles. The second kappa shape index (κ2) is 7.10. The van der Waals surface area contributed by atoms with Crippen LogP contribution in [0.2, 0.25) is 0 Å². The first-order valence-electron chi connectivity index (χ1n) is 2.95. The Morgan fingerprint density at radius 3 is 2.44 bits per heavy atom. The highest BCUT2D eigenvalue weighted by Gasteiger charge is 1.99. The van der Waals surface area contributed by atoms with E-state index in [1.807, 2.05) is 11.8 Å². The van der Waals surface area contributed by atoms with Gasteiger partial charge in [-0.1, -0.05) is 0 Å². The summed E-state index contributed by atoms with van der Waals surface area (Å²) in [4.78, 5) is 0. The molecule has 9 heavy (non-hydrogen) atoms. The van der Waals surface area contributed by atoms with Gasteiger partial charge in [-0.2, -0.15) is 11.8 Å². The van der Waals surface area contributed by atoms with E-state index in [9.17, 15) is 0 Å². The van der Waals surface area contributed by atoms with Gasteiger partial charge in [-0.25, -0.2) is 0 Å². The minimum absolute atomic E-state index is 0.617. The van der Waals surface area contributed by atoms with Crippen molar-refractivity contribution in [2.75, 3.05) is 35.7 Å². The fraction of sp³-hybridized carbons (Fsp3) is 1.00. The molecule has 0 saturated carbocycles. The molecular formula is C6H14ClS2+. The highest BCUT2D eigenvalue weighted by atomic mass is 35.5. The summed E-state index contributed by atoms with van der Waals surface area (Å²) >= 11 is 7.45. The van der Waals surface area contributed by atoms with Crippen LogP contribution in [0.4, 0.5) is 0 Å². The second-order valence-corrected chi connectivity index (χ2v) is 5.97. The molecule has 0 nitrogen and oxygen atoms in total. The lowest BCUT2D eigenvalue weighted by atomic mass is 10.9. The van der Waals surface area contributed by atoms with Crippen LogP contribution >= 0.6 is 23.4 Å². The van der Waals surface area contributed by atoms with Gasteiger partial charge in [0, 0.05) is 17.4 Å². The molecule has 0 amide bonds. The summed E-state index contributed by atoms with van der Waals surface area (Å²) in [6.07, 6.45) is 4.56. The molecule has 0 aliphatic carbocycles. The molecule has 0 atom stereocenters. The molecule has 3 heteroatoms. The molecule has 0 fully saturated rings. The molecule has 0 N–H and O–H groups in total. The molecule has 0 saturated heterocycles. The predicted molar refractivity (Wildman–Crippen MR) is 52.1 cm³/mol. The van der Waals surface area contributed by atoms with Crippen LogP contribution in [0.25, 0.3) is 0 Å². The van der Waals surface area contributed by atoms with Crippen molar-refractivity contribution in [3.05, 3.63) is 0 Å². The van der Waals surface area contributed by atoms with Crippen molar-refractivity contribution in [3.8, 4) is 0 Å². The first-order valence-corrected chi connectivity index (χ1v) is 6.85. The third kappa shape index (κ3) is 8.99. The van der Waals surface area contributed by atoms with Crippen molar-refractivity contribution < 1.29 is 0 Å². The summed E-state index contributed by atoms with van der Waals surface area (Å²) in [5.74, 6) is 4.54. The zero-order valence-corrected chi connectivity index (χ0v) is 8.41. The maximum atomic E-state index is 5.50. The van der Waals surface area contributed by atoms with Crippen LogP contribution < -0.4 is 0 Å². The van der Waals surface area contributed by atoms with Crippen LogP contribution in [0.3, 0.4) is 0 Å². The van der Waals surface area contributed by atoms with Crippen LogP contribution in [0.5, 0.6) is 0 Å². The Balaban J connectivity index is 2.75. The van der Waals surface area contributed by atoms with Gasteiger partial charge in [0.05, 0.1) is 12.5 Å². The average Bonchev–Trinajstić information content (AvgIpc) is 1.80. The molecule has 0 bridgehead atoms. The van der Waals surface area contributed by atoms with Gasteiger partial charge in [0.2, 0.25) is 0 Å². The quantitative estimate of drug-likeness (QED) is 0.358. The van der Waals surface area contributed by atoms with Crippen LogP contribution in [-0.2, 0) is 10.9 Å². The summed E-state index contributed by atoms with van der Waals surface area (Å²) < 4.78 is 0. The molecule has 0 aliphatic heterocycles. The minimum atomic E-state index is 0.617. The number of alkyl halides is 1. The SMILES string of the molecule is C[S+](C)CCSCCCl. The molecule has 0 heterocycles. The van der Waals surface area contributed by atoms with Crippen molar-refractivity contribution in [1.29, 1.82) is 0 Å². The van der Waals surface area contributed by atoms with Crippen LogP contribution in [0.15, 0.2) is 0 Å². The zero-order chi connectivity index (χ0) is 7.11. The first kappa shape index (κ1) is 9.99. The first-order chi connectivity index (χ1) is 4.27. The molecule has 0 aromatic rings. The van der Waals surface area contributed by atoms with Crippen molar-refractivity contribution in [3.63, 3.8) is 0 Å². The van der Waals surface area contributed by atoms with E-state index < -0.39 is 0 Å². The van der Waals surface area contributed by atoms with Gasteiger partial charge in [0.1, 0.15) is 5.75 Å².